The molecule has 0 unspecified atom stereocenters. The highest BCUT2D eigenvalue weighted by atomic mass is 16.4. The van der Waals surface area contributed by atoms with Gasteiger partial charge in [0.1, 0.15) is 11.5 Å². The van der Waals surface area contributed by atoms with Gasteiger partial charge in [0.05, 0.1) is 18.8 Å². The third kappa shape index (κ3) is 2.47. The van der Waals surface area contributed by atoms with Crippen molar-refractivity contribution in [1.29, 1.82) is 0 Å². The fourth-order valence-electron chi connectivity index (χ4n) is 3.00. The third-order valence-corrected chi connectivity index (χ3v) is 4.36. The Bertz CT molecular complexity index is 771. The fraction of sp³-hybridized carbons (Fsp3) is 0.538. The Kier molecular flexibility index (Phi) is 3.40. The van der Waals surface area contributed by atoms with Crippen LogP contribution in [-0.4, -0.2) is 76.7 Å². The Morgan fingerprint density at radius 3 is 2.75 bits per heavy atom. The molecule has 4 rings (SSSR count). The van der Waals surface area contributed by atoms with Crippen molar-refractivity contribution in [3.63, 3.8) is 0 Å². The fourth-order valence-corrected chi connectivity index (χ4v) is 3.00. The van der Waals surface area contributed by atoms with Gasteiger partial charge in [0.2, 0.25) is 5.82 Å². The van der Waals surface area contributed by atoms with Crippen molar-refractivity contribution in [1.82, 2.24) is 40.0 Å². The number of hydrogen-bond acceptors (Lipinski definition) is 6. The van der Waals surface area contributed by atoms with Crippen LogP contribution in [0.2, 0.25) is 0 Å². The summed E-state index contributed by atoms with van der Waals surface area (Å²) < 4.78 is 1.63. The first-order valence-corrected chi connectivity index (χ1v) is 7.71. The zero-order chi connectivity index (χ0) is 16.7. The molecule has 0 fully saturated rings. The first-order valence-electron chi connectivity index (χ1n) is 7.71. The minimum atomic E-state index is -0.950. The van der Waals surface area contributed by atoms with Gasteiger partial charge in [0.15, 0.2) is 0 Å². The molecule has 2 aliphatic heterocycles. The lowest BCUT2D eigenvalue weighted by Crippen LogP contribution is -2.37. The molecular formula is C13H16N8O3. The summed E-state index contributed by atoms with van der Waals surface area (Å²) in [5, 5.41) is 23.9. The molecule has 24 heavy (non-hydrogen) atoms. The van der Waals surface area contributed by atoms with E-state index in [1.54, 1.807) is 9.58 Å². The van der Waals surface area contributed by atoms with Crippen molar-refractivity contribution >= 4 is 12.0 Å². The summed E-state index contributed by atoms with van der Waals surface area (Å²) in [5.74, 6) is 0.557. The van der Waals surface area contributed by atoms with Crippen molar-refractivity contribution in [2.24, 2.45) is 0 Å². The van der Waals surface area contributed by atoms with Crippen LogP contribution in [0.5, 0.6) is 0 Å². The summed E-state index contributed by atoms with van der Waals surface area (Å²) in [4.78, 5) is 31.0. The molecule has 0 saturated carbocycles. The van der Waals surface area contributed by atoms with Gasteiger partial charge >= 0.3 is 6.09 Å². The first-order chi connectivity index (χ1) is 11.6. The van der Waals surface area contributed by atoms with Gasteiger partial charge in [-0.15, -0.1) is 10.2 Å². The SMILES string of the molecule is O=C(O)N1CCc2nc(C(=O)N3CCc4[nH]nnc4C3)nn2CC1. The molecule has 2 aliphatic rings. The van der Waals surface area contributed by atoms with Crippen LogP contribution >= 0.6 is 0 Å². The zero-order valence-corrected chi connectivity index (χ0v) is 12.8. The first kappa shape index (κ1) is 14.6. The number of fused-ring (bicyclic) bond motifs is 2. The van der Waals surface area contributed by atoms with Crippen molar-refractivity contribution in [3.8, 4) is 0 Å². The number of nitrogens with one attached hydrogen (secondary N) is 1. The van der Waals surface area contributed by atoms with Crippen molar-refractivity contribution in [3.05, 3.63) is 23.0 Å². The largest absolute Gasteiger partial charge is 0.465 e. The summed E-state index contributed by atoms with van der Waals surface area (Å²) in [6.45, 7) is 2.04. The molecule has 0 bridgehead atoms. The molecule has 0 aromatic carbocycles. The second kappa shape index (κ2) is 5.58. The number of aromatic amines is 1. The predicted octanol–water partition coefficient (Wildman–Crippen LogP) is -0.869. The van der Waals surface area contributed by atoms with Crippen LogP contribution in [0.4, 0.5) is 4.79 Å². The molecular weight excluding hydrogens is 316 g/mol. The van der Waals surface area contributed by atoms with Gasteiger partial charge in [-0.1, -0.05) is 5.21 Å². The van der Waals surface area contributed by atoms with E-state index in [-0.39, 0.29) is 11.7 Å². The molecule has 2 N–H and O–H groups in total. The van der Waals surface area contributed by atoms with Crippen LogP contribution in [0.1, 0.15) is 27.8 Å². The van der Waals surface area contributed by atoms with E-state index in [9.17, 15) is 9.59 Å². The van der Waals surface area contributed by atoms with E-state index < -0.39 is 6.09 Å². The number of hydrogen-bond donors (Lipinski definition) is 2. The number of H-pyrrole nitrogens is 1. The van der Waals surface area contributed by atoms with Crippen LogP contribution in [-0.2, 0) is 25.9 Å². The molecule has 11 heteroatoms. The molecule has 2 aromatic heterocycles. The number of nitrogens with zero attached hydrogens (tertiary/aromatic N) is 7. The van der Waals surface area contributed by atoms with E-state index in [1.165, 1.54) is 4.90 Å². The Morgan fingerprint density at radius 1 is 1.08 bits per heavy atom. The van der Waals surface area contributed by atoms with Crippen LogP contribution in [0, 0.1) is 0 Å². The van der Waals surface area contributed by atoms with E-state index in [0.29, 0.717) is 51.4 Å². The van der Waals surface area contributed by atoms with Crippen LogP contribution in [0.15, 0.2) is 0 Å². The average Bonchev–Trinajstić information content (AvgIpc) is 3.15. The maximum atomic E-state index is 12.6. The minimum Gasteiger partial charge on any atom is -0.465 e. The normalized spacial score (nSPS) is 17.2. The van der Waals surface area contributed by atoms with Gasteiger partial charge in [-0.2, -0.15) is 0 Å². The van der Waals surface area contributed by atoms with E-state index in [1.807, 2.05) is 0 Å². The number of amides is 2. The van der Waals surface area contributed by atoms with Crippen molar-refractivity contribution < 1.29 is 14.7 Å². The number of carbonyl (C=O) groups is 2. The van der Waals surface area contributed by atoms with Crippen LogP contribution in [0.3, 0.4) is 0 Å². The number of aromatic nitrogens is 6. The average molecular weight is 332 g/mol. The summed E-state index contributed by atoms with van der Waals surface area (Å²) in [6.07, 6.45) is 0.170. The van der Waals surface area contributed by atoms with E-state index in [2.05, 4.69) is 25.5 Å². The molecule has 0 radical (unpaired) electrons. The zero-order valence-electron chi connectivity index (χ0n) is 12.8. The van der Waals surface area contributed by atoms with E-state index in [4.69, 9.17) is 5.11 Å². The molecule has 0 atom stereocenters. The Balaban J connectivity index is 1.50. The number of rotatable bonds is 1. The summed E-state index contributed by atoms with van der Waals surface area (Å²) >= 11 is 0. The molecule has 126 valence electrons. The monoisotopic (exact) mass is 332 g/mol. The Labute approximate surface area is 136 Å². The molecule has 4 heterocycles. The second-order valence-corrected chi connectivity index (χ2v) is 5.81. The van der Waals surface area contributed by atoms with E-state index >= 15 is 0 Å². The van der Waals surface area contributed by atoms with Crippen molar-refractivity contribution in [2.75, 3.05) is 19.6 Å². The highest BCUT2D eigenvalue weighted by Gasteiger charge is 2.28. The third-order valence-electron chi connectivity index (χ3n) is 4.36. The van der Waals surface area contributed by atoms with Gasteiger partial charge in [-0.25, -0.2) is 14.5 Å². The molecule has 0 saturated heterocycles. The highest BCUT2D eigenvalue weighted by Crippen LogP contribution is 2.16. The second-order valence-electron chi connectivity index (χ2n) is 5.81. The van der Waals surface area contributed by atoms with Gasteiger partial charge in [0, 0.05) is 32.5 Å². The summed E-state index contributed by atoms with van der Waals surface area (Å²) in [5.41, 5.74) is 1.73. The van der Waals surface area contributed by atoms with Gasteiger partial charge in [0.25, 0.3) is 5.91 Å². The standard InChI is InChI=1S/C13H16N8O3/c22-12(20-3-1-8-9(7-20)16-18-15-8)11-14-10-2-4-19(13(23)24)5-6-21(10)17-11/h1-7H2,(H,23,24)(H,15,16,18). The van der Waals surface area contributed by atoms with Crippen LogP contribution in [0.25, 0.3) is 0 Å². The summed E-state index contributed by atoms with van der Waals surface area (Å²) in [6, 6.07) is 0. The smallest absolute Gasteiger partial charge is 0.407 e. The van der Waals surface area contributed by atoms with Crippen LogP contribution < -0.4 is 0 Å². The lowest BCUT2D eigenvalue weighted by molar-refractivity contribution is 0.0718. The lowest BCUT2D eigenvalue weighted by atomic mass is 10.1. The van der Waals surface area contributed by atoms with E-state index in [0.717, 1.165) is 11.4 Å². The lowest BCUT2D eigenvalue weighted by Gasteiger charge is -2.24. The molecule has 0 spiro atoms. The molecule has 11 nitrogen and oxygen atoms in total. The predicted molar refractivity (Wildman–Crippen MR) is 78.2 cm³/mol. The van der Waals surface area contributed by atoms with Crippen molar-refractivity contribution in [2.45, 2.75) is 25.9 Å². The number of carboxylic acid groups (broad SMARTS) is 1. The molecule has 2 aromatic rings. The highest BCUT2D eigenvalue weighted by molar-refractivity contribution is 5.90. The quantitative estimate of drug-likeness (QED) is 0.693. The van der Waals surface area contributed by atoms with Gasteiger partial charge < -0.3 is 14.9 Å². The topological polar surface area (TPSA) is 133 Å². The maximum absolute atomic E-state index is 12.6. The van der Waals surface area contributed by atoms with Gasteiger partial charge in [-0.05, 0) is 0 Å². The Morgan fingerprint density at radius 2 is 1.92 bits per heavy atom. The molecule has 2 amide bonds. The summed E-state index contributed by atoms with van der Waals surface area (Å²) in [7, 11) is 0. The maximum Gasteiger partial charge on any atom is 0.407 e. The number of carbonyl (C=O) groups excluding carboxylic acids is 1. The minimum absolute atomic E-state index is 0.153. The van der Waals surface area contributed by atoms with Gasteiger partial charge in [-0.3, -0.25) is 9.89 Å². The Hall–Kier alpha value is -2.98. The molecule has 0 aliphatic carbocycles.